The lowest BCUT2D eigenvalue weighted by Gasteiger charge is -2.10. The van der Waals surface area contributed by atoms with Crippen LogP contribution in [0.5, 0.6) is 0 Å². The number of hydrogen-bond acceptors (Lipinski definition) is 8. The molecule has 2 N–H and O–H groups in total. The summed E-state index contributed by atoms with van der Waals surface area (Å²) >= 11 is 2.74. The lowest BCUT2D eigenvalue weighted by atomic mass is 10.1. The van der Waals surface area contributed by atoms with Crippen molar-refractivity contribution in [2.24, 2.45) is 0 Å². The smallest absolute Gasteiger partial charge is 0.237 e. The summed E-state index contributed by atoms with van der Waals surface area (Å²) in [4.78, 5) is 23.5. The van der Waals surface area contributed by atoms with Crippen LogP contribution in [0.1, 0.15) is 24.2 Å². The fraction of sp³-hybridized carbons (Fsp3) is 0.375. The molecule has 0 bridgehead atoms. The number of carbonyl (C=O) groups is 2. The molecule has 1 atom stereocenters. The number of nitrogens with zero attached hydrogens (tertiary/aromatic N) is 2. The summed E-state index contributed by atoms with van der Waals surface area (Å²) in [5.41, 5.74) is 1.27. The van der Waals surface area contributed by atoms with E-state index >= 15 is 0 Å². The van der Waals surface area contributed by atoms with E-state index in [4.69, 9.17) is 4.74 Å². The molecule has 0 fully saturated rings. The van der Waals surface area contributed by atoms with Gasteiger partial charge in [-0.15, -0.1) is 10.2 Å². The normalized spacial score (nSPS) is 11.8. The first kappa shape index (κ1) is 19.4. The van der Waals surface area contributed by atoms with Crippen LogP contribution in [-0.2, 0) is 9.53 Å². The summed E-state index contributed by atoms with van der Waals surface area (Å²) in [6.45, 7) is 4.56. The van der Waals surface area contributed by atoms with Crippen LogP contribution >= 0.6 is 23.1 Å². The predicted molar refractivity (Wildman–Crippen MR) is 101 cm³/mol. The Kier molecular flexibility index (Phi) is 7.35. The van der Waals surface area contributed by atoms with Crippen molar-refractivity contribution in [2.45, 2.75) is 23.4 Å². The van der Waals surface area contributed by atoms with Gasteiger partial charge in [-0.3, -0.25) is 9.59 Å². The van der Waals surface area contributed by atoms with Gasteiger partial charge in [0.05, 0.1) is 11.9 Å². The fourth-order valence-corrected chi connectivity index (χ4v) is 3.75. The number of thioether (sulfide) groups is 1. The molecule has 1 aromatic heterocycles. The van der Waals surface area contributed by atoms with Gasteiger partial charge in [-0.1, -0.05) is 23.1 Å². The molecule has 0 unspecified atom stereocenters. The van der Waals surface area contributed by atoms with E-state index in [9.17, 15) is 9.59 Å². The van der Waals surface area contributed by atoms with Gasteiger partial charge in [-0.25, -0.2) is 0 Å². The van der Waals surface area contributed by atoms with Crippen molar-refractivity contribution in [3.63, 3.8) is 0 Å². The Morgan fingerprint density at radius 1 is 1.28 bits per heavy atom. The third-order valence-electron chi connectivity index (χ3n) is 3.19. The summed E-state index contributed by atoms with van der Waals surface area (Å²) in [7, 11) is 1.64. The minimum atomic E-state index is -0.327. The molecule has 2 aromatic rings. The van der Waals surface area contributed by atoms with E-state index in [-0.39, 0.29) is 16.9 Å². The topological polar surface area (TPSA) is 93.2 Å². The van der Waals surface area contributed by atoms with Crippen molar-refractivity contribution in [3.8, 4) is 0 Å². The molecule has 1 aromatic carbocycles. The van der Waals surface area contributed by atoms with E-state index in [0.29, 0.717) is 29.5 Å². The number of ketones is 1. The monoisotopic (exact) mass is 380 g/mol. The zero-order valence-electron chi connectivity index (χ0n) is 14.2. The highest BCUT2D eigenvalue weighted by molar-refractivity contribution is 8.02. The lowest BCUT2D eigenvalue weighted by molar-refractivity contribution is -0.115. The zero-order valence-corrected chi connectivity index (χ0v) is 15.9. The number of nitrogens with one attached hydrogen (secondary N) is 2. The minimum Gasteiger partial charge on any atom is -0.383 e. The third kappa shape index (κ3) is 6.11. The average Bonchev–Trinajstić information content (AvgIpc) is 3.03. The van der Waals surface area contributed by atoms with Gasteiger partial charge in [0, 0.05) is 24.9 Å². The second kappa shape index (κ2) is 9.50. The van der Waals surface area contributed by atoms with E-state index in [2.05, 4.69) is 20.8 Å². The van der Waals surface area contributed by atoms with Gasteiger partial charge in [0.15, 0.2) is 10.1 Å². The number of anilines is 2. The first-order chi connectivity index (χ1) is 12.0. The van der Waals surface area contributed by atoms with Crippen LogP contribution in [0.2, 0.25) is 0 Å². The predicted octanol–water partition coefficient (Wildman–Crippen LogP) is 2.92. The van der Waals surface area contributed by atoms with E-state index in [0.717, 1.165) is 4.34 Å². The van der Waals surface area contributed by atoms with Crippen LogP contribution in [0, 0.1) is 0 Å². The Labute approximate surface area is 154 Å². The zero-order chi connectivity index (χ0) is 18.2. The summed E-state index contributed by atoms with van der Waals surface area (Å²) in [6, 6.07) is 6.82. The Morgan fingerprint density at radius 3 is 2.64 bits per heavy atom. The van der Waals surface area contributed by atoms with Gasteiger partial charge >= 0.3 is 0 Å². The molecule has 25 heavy (non-hydrogen) atoms. The van der Waals surface area contributed by atoms with E-state index in [1.165, 1.54) is 30.0 Å². The van der Waals surface area contributed by atoms with E-state index in [1.54, 1.807) is 31.4 Å². The number of rotatable bonds is 9. The average molecular weight is 380 g/mol. The molecule has 0 aliphatic carbocycles. The van der Waals surface area contributed by atoms with E-state index in [1.807, 2.05) is 6.92 Å². The standard InChI is InChI=1S/C16H20N4O3S2/c1-10(21)12-4-6-13(7-5-12)18-14(22)11(2)24-16-20-19-15(25-16)17-8-9-23-3/h4-7,11H,8-9H2,1-3H3,(H,17,19)(H,18,22)/t11-/m1/s1. The maximum Gasteiger partial charge on any atom is 0.237 e. The summed E-state index contributed by atoms with van der Waals surface area (Å²) in [5, 5.41) is 14.4. The Hall–Kier alpha value is -1.97. The van der Waals surface area contributed by atoms with Crippen molar-refractivity contribution >= 4 is 45.6 Å². The van der Waals surface area contributed by atoms with Gasteiger partial charge in [0.2, 0.25) is 11.0 Å². The van der Waals surface area contributed by atoms with Crippen LogP contribution in [0.15, 0.2) is 28.6 Å². The number of carbonyl (C=O) groups excluding carboxylic acids is 2. The number of benzene rings is 1. The SMILES string of the molecule is COCCNc1nnc(S[C@H](C)C(=O)Nc2ccc(C(C)=O)cc2)s1. The Morgan fingerprint density at radius 2 is 2.00 bits per heavy atom. The molecule has 7 nitrogen and oxygen atoms in total. The number of Topliss-reactive ketones (excluding diaryl/α,β-unsaturated/α-hetero) is 1. The highest BCUT2D eigenvalue weighted by Crippen LogP contribution is 2.29. The largest absolute Gasteiger partial charge is 0.383 e. The molecule has 2 rings (SSSR count). The number of ether oxygens (including phenoxy) is 1. The molecule has 134 valence electrons. The first-order valence-electron chi connectivity index (χ1n) is 7.64. The van der Waals surface area contributed by atoms with Gasteiger partial charge in [0.1, 0.15) is 0 Å². The van der Waals surface area contributed by atoms with Crippen molar-refractivity contribution in [2.75, 3.05) is 30.9 Å². The molecule has 0 aliphatic heterocycles. The van der Waals surface area contributed by atoms with Crippen molar-refractivity contribution in [1.29, 1.82) is 0 Å². The first-order valence-corrected chi connectivity index (χ1v) is 9.34. The maximum atomic E-state index is 12.3. The molecule has 0 aliphatic rings. The quantitative estimate of drug-likeness (QED) is 0.392. The third-order valence-corrected chi connectivity index (χ3v) is 5.26. The highest BCUT2D eigenvalue weighted by atomic mass is 32.2. The van der Waals surface area contributed by atoms with Crippen molar-refractivity contribution < 1.29 is 14.3 Å². The summed E-state index contributed by atoms with van der Waals surface area (Å²) in [5.74, 6) is -0.141. The molecule has 0 spiro atoms. The highest BCUT2D eigenvalue weighted by Gasteiger charge is 2.17. The number of aromatic nitrogens is 2. The van der Waals surface area contributed by atoms with Crippen molar-refractivity contribution in [1.82, 2.24) is 10.2 Å². The van der Waals surface area contributed by atoms with Crippen LogP contribution in [0.3, 0.4) is 0 Å². The number of amides is 1. The fourth-order valence-electron chi connectivity index (χ4n) is 1.83. The van der Waals surface area contributed by atoms with Crippen LogP contribution in [-0.4, -0.2) is 47.4 Å². The molecule has 0 saturated heterocycles. The number of methoxy groups -OCH3 is 1. The summed E-state index contributed by atoms with van der Waals surface area (Å²) < 4.78 is 5.68. The van der Waals surface area contributed by atoms with Gasteiger partial charge < -0.3 is 15.4 Å². The van der Waals surface area contributed by atoms with E-state index < -0.39 is 0 Å². The Balaban J connectivity index is 1.86. The van der Waals surface area contributed by atoms with Crippen LogP contribution < -0.4 is 10.6 Å². The molecular weight excluding hydrogens is 360 g/mol. The van der Waals surface area contributed by atoms with Crippen LogP contribution in [0.25, 0.3) is 0 Å². The van der Waals surface area contributed by atoms with Gasteiger partial charge in [-0.2, -0.15) is 0 Å². The molecule has 0 radical (unpaired) electrons. The second-order valence-corrected chi connectivity index (χ2v) is 7.74. The van der Waals surface area contributed by atoms with Crippen LogP contribution in [0.4, 0.5) is 10.8 Å². The summed E-state index contributed by atoms with van der Waals surface area (Å²) in [6.07, 6.45) is 0. The Bertz CT molecular complexity index is 718. The van der Waals surface area contributed by atoms with Gasteiger partial charge in [-0.05, 0) is 38.1 Å². The second-order valence-electron chi connectivity index (χ2n) is 5.18. The minimum absolute atomic E-state index is 0.00650. The molecule has 9 heteroatoms. The van der Waals surface area contributed by atoms with Gasteiger partial charge in [0.25, 0.3) is 0 Å². The lowest BCUT2D eigenvalue weighted by Crippen LogP contribution is -2.22. The molecule has 0 saturated carbocycles. The number of hydrogen-bond donors (Lipinski definition) is 2. The molecule has 1 heterocycles. The molecule has 1 amide bonds. The van der Waals surface area contributed by atoms with Crippen molar-refractivity contribution in [3.05, 3.63) is 29.8 Å². The maximum absolute atomic E-state index is 12.3. The molecular formula is C16H20N4O3S2.